The number of rotatable bonds is 5. The van der Waals surface area contributed by atoms with Crippen LogP contribution in [0.25, 0.3) is 0 Å². The van der Waals surface area contributed by atoms with E-state index in [4.69, 9.17) is 4.74 Å². The van der Waals surface area contributed by atoms with Crippen LogP contribution in [0.15, 0.2) is 79.4 Å². The van der Waals surface area contributed by atoms with Gasteiger partial charge in [-0.15, -0.1) is 0 Å². The molecule has 1 aliphatic rings. The normalized spacial score (nSPS) is 12.5. The lowest BCUT2D eigenvalue weighted by Gasteiger charge is -2.15. The van der Waals surface area contributed by atoms with E-state index in [2.05, 4.69) is 20.3 Å². The molecule has 0 saturated heterocycles. The van der Waals surface area contributed by atoms with Crippen LogP contribution >= 0.6 is 0 Å². The van der Waals surface area contributed by atoms with E-state index in [1.165, 1.54) is 0 Å². The zero-order chi connectivity index (χ0) is 21.2. The first-order chi connectivity index (χ1) is 15.2. The molecule has 5 rings (SSSR count). The summed E-state index contributed by atoms with van der Waals surface area (Å²) in [4.78, 5) is 27.4. The molecule has 0 radical (unpaired) electrons. The van der Waals surface area contributed by atoms with Gasteiger partial charge in [0.2, 0.25) is 0 Å². The van der Waals surface area contributed by atoms with Gasteiger partial charge in [-0.25, -0.2) is 4.98 Å². The summed E-state index contributed by atoms with van der Waals surface area (Å²) >= 11 is 0. The van der Waals surface area contributed by atoms with Crippen molar-refractivity contribution in [2.24, 2.45) is 0 Å². The Morgan fingerprint density at radius 1 is 0.871 bits per heavy atom. The topological polar surface area (TPSA) is 80.2 Å². The Hall–Kier alpha value is -4.26. The number of aryl methyl sites for hydroxylation is 1. The number of nitrogens with zero attached hydrogens (tertiary/aromatic N) is 4. The zero-order valence-electron chi connectivity index (χ0n) is 16.8. The zero-order valence-corrected chi connectivity index (χ0v) is 16.8. The van der Waals surface area contributed by atoms with Crippen LogP contribution in [0.2, 0.25) is 0 Å². The molecular weight excluding hydrogens is 390 g/mol. The lowest BCUT2D eigenvalue weighted by molar-refractivity contribution is 0.0996. The smallest absolute Gasteiger partial charge is 0.260 e. The quantitative estimate of drug-likeness (QED) is 0.506. The summed E-state index contributed by atoms with van der Waals surface area (Å²) in [7, 11) is 0. The van der Waals surface area contributed by atoms with Crippen molar-refractivity contribution in [3.63, 3.8) is 0 Å². The second kappa shape index (κ2) is 7.87. The van der Waals surface area contributed by atoms with Crippen molar-refractivity contribution in [3.8, 4) is 11.5 Å². The number of pyridine rings is 3. The number of amides is 1. The number of benzene rings is 1. The first-order valence-electron chi connectivity index (χ1n) is 9.84. The maximum Gasteiger partial charge on any atom is 0.260 e. The molecule has 0 unspecified atom stereocenters. The van der Waals surface area contributed by atoms with E-state index in [0.29, 0.717) is 29.4 Å². The van der Waals surface area contributed by atoms with Crippen molar-refractivity contribution >= 4 is 23.1 Å². The molecular formula is C24H19N5O2. The van der Waals surface area contributed by atoms with Gasteiger partial charge in [-0.1, -0.05) is 6.07 Å². The van der Waals surface area contributed by atoms with Crippen molar-refractivity contribution in [2.75, 3.05) is 10.2 Å². The molecule has 1 aromatic carbocycles. The molecule has 0 aliphatic carbocycles. The molecule has 1 amide bonds. The molecule has 0 fully saturated rings. The fourth-order valence-electron chi connectivity index (χ4n) is 3.51. The van der Waals surface area contributed by atoms with Crippen LogP contribution in [0.3, 0.4) is 0 Å². The molecule has 152 valence electrons. The Morgan fingerprint density at radius 3 is 2.48 bits per heavy atom. The highest BCUT2D eigenvalue weighted by molar-refractivity contribution is 6.10. The minimum Gasteiger partial charge on any atom is -0.457 e. The van der Waals surface area contributed by atoms with Gasteiger partial charge in [-0.2, -0.15) is 0 Å². The van der Waals surface area contributed by atoms with E-state index in [0.717, 1.165) is 22.6 Å². The highest BCUT2D eigenvalue weighted by Gasteiger charge is 2.29. The van der Waals surface area contributed by atoms with Crippen molar-refractivity contribution in [2.45, 2.75) is 13.5 Å². The number of aromatic nitrogens is 3. The molecule has 0 bridgehead atoms. The van der Waals surface area contributed by atoms with Crippen molar-refractivity contribution < 1.29 is 9.53 Å². The van der Waals surface area contributed by atoms with Crippen LogP contribution in [0.5, 0.6) is 11.5 Å². The third-order valence-corrected chi connectivity index (χ3v) is 4.98. The van der Waals surface area contributed by atoms with Crippen LogP contribution in [0.4, 0.5) is 17.2 Å². The lowest BCUT2D eigenvalue weighted by Crippen LogP contribution is -2.23. The molecule has 0 saturated carbocycles. The molecule has 0 atom stereocenters. The van der Waals surface area contributed by atoms with Crippen LogP contribution in [0, 0.1) is 6.92 Å². The lowest BCUT2D eigenvalue weighted by atomic mass is 10.1. The summed E-state index contributed by atoms with van der Waals surface area (Å²) < 4.78 is 5.85. The van der Waals surface area contributed by atoms with Gasteiger partial charge in [0.25, 0.3) is 5.91 Å². The van der Waals surface area contributed by atoms with E-state index in [9.17, 15) is 4.79 Å². The van der Waals surface area contributed by atoms with Crippen molar-refractivity contribution in [1.82, 2.24) is 15.0 Å². The number of fused-ring (bicyclic) bond motifs is 1. The monoisotopic (exact) mass is 409 g/mol. The van der Waals surface area contributed by atoms with Gasteiger partial charge >= 0.3 is 0 Å². The van der Waals surface area contributed by atoms with Gasteiger partial charge in [-0.05, 0) is 55.0 Å². The maximum atomic E-state index is 13.1. The number of hydrogen-bond donors (Lipinski definition) is 1. The Morgan fingerprint density at radius 2 is 1.65 bits per heavy atom. The van der Waals surface area contributed by atoms with Crippen LogP contribution in [-0.2, 0) is 6.54 Å². The third kappa shape index (κ3) is 3.93. The summed E-state index contributed by atoms with van der Waals surface area (Å²) in [6, 6.07) is 16.8. The van der Waals surface area contributed by atoms with Gasteiger partial charge in [0.05, 0.1) is 6.54 Å². The Balaban J connectivity index is 1.37. The number of ether oxygens (including phenoxy) is 1. The molecule has 7 nitrogen and oxygen atoms in total. The first kappa shape index (κ1) is 18.7. The summed E-state index contributed by atoms with van der Waals surface area (Å²) in [5, 5.41) is 3.33. The van der Waals surface area contributed by atoms with Gasteiger partial charge in [0, 0.05) is 53.5 Å². The van der Waals surface area contributed by atoms with E-state index >= 15 is 0 Å². The van der Waals surface area contributed by atoms with Crippen molar-refractivity contribution in [3.05, 3.63) is 96.2 Å². The second-order valence-corrected chi connectivity index (χ2v) is 7.21. The second-order valence-electron chi connectivity index (χ2n) is 7.21. The fourth-order valence-corrected chi connectivity index (χ4v) is 3.51. The van der Waals surface area contributed by atoms with E-state index in [-0.39, 0.29) is 5.91 Å². The Labute approximate surface area is 179 Å². The largest absolute Gasteiger partial charge is 0.457 e. The number of carbonyl (C=O) groups excluding carboxylic acids is 1. The number of nitrogens with one attached hydrogen (secondary N) is 1. The minimum atomic E-state index is -0.0851. The molecule has 1 aliphatic heterocycles. The summed E-state index contributed by atoms with van der Waals surface area (Å²) in [6.45, 7) is 2.41. The molecule has 31 heavy (non-hydrogen) atoms. The number of hydrogen-bond acceptors (Lipinski definition) is 6. The van der Waals surface area contributed by atoms with E-state index < -0.39 is 0 Å². The number of anilines is 3. The molecule has 7 heteroatoms. The Bertz CT molecular complexity index is 1260. The van der Waals surface area contributed by atoms with E-state index in [1.807, 2.05) is 37.3 Å². The van der Waals surface area contributed by atoms with Crippen molar-refractivity contribution in [1.29, 1.82) is 0 Å². The highest BCUT2D eigenvalue weighted by atomic mass is 16.5. The van der Waals surface area contributed by atoms with Gasteiger partial charge in [0.15, 0.2) is 0 Å². The molecule has 4 aromatic rings. The maximum absolute atomic E-state index is 13.1. The minimum absolute atomic E-state index is 0.0851. The fraction of sp³-hybridized carbons (Fsp3) is 0.0833. The summed E-state index contributed by atoms with van der Waals surface area (Å²) in [5.41, 5.74) is 4.33. The van der Waals surface area contributed by atoms with Crippen LogP contribution in [-0.4, -0.2) is 20.9 Å². The summed E-state index contributed by atoms with van der Waals surface area (Å²) in [6.07, 6.45) is 6.72. The van der Waals surface area contributed by atoms with Crippen LogP contribution in [0.1, 0.15) is 21.6 Å². The van der Waals surface area contributed by atoms with E-state index in [1.54, 1.807) is 54.0 Å². The number of carbonyl (C=O) groups is 1. The summed E-state index contributed by atoms with van der Waals surface area (Å²) in [5.74, 6) is 1.74. The molecule has 1 N–H and O–H groups in total. The first-order valence-corrected chi connectivity index (χ1v) is 9.84. The predicted octanol–water partition coefficient (Wildman–Crippen LogP) is 4.88. The SMILES string of the molecule is Cc1cc(Nc2ccc3c(c2)C(=O)N(c2cc(Oc4ccncc4)ccn2)C3)ccn1. The Kier molecular flexibility index (Phi) is 4.76. The molecule has 4 heterocycles. The van der Waals surface area contributed by atoms with Gasteiger partial charge < -0.3 is 10.1 Å². The standard InChI is InChI=1S/C24H19N5O2/c1-16-12-19(4-10-26-16)28-18-3-2-17-15-29(24(30)22(17)13-18)23-14-21(7-11-27-23)31-20-5-8-25-9-6-20/h2-14H,15H2,1H3,(H,26,28). The van der Waals surface area contributed by atoms with Gasteiger partial charge in [-0.3, -0.25) is 19.7 Å². The average Bonchev–Trinajstić information content (AvgIpc) is 3.11. The molecule has 0 spiro atoms. The van der Waals surface area contributed by atoms with Gasteiger partial charge in [0.1, 0.15) is 17.3 Å². The third-order valence-electron chi connectivity index (χ3n) is 4.98. The highest BCUT2D eigenvalue weighted by Crippen LogP contribution is 2.32. The van der Waals surface area contributed by atoms with Crippen LogP contribution < -0.4 is 15.0 Å². The molecule has 3 aromatic heterocycles. The predicted molar refractivity (Wildman–Crippen MR) is 118 cm³/mol. The average molecular weight is 409 g/mol.